The van der Waals surface area contributed by atoms with E-state index in [1.165, 1.54) is 57.7 Å². The van der Waals surface area contributed by atoms with Crippen molar-refractivity contribution in [1.29, 1.82) is 0 Å². The fourth-order valence-corrected chi connectivity index (χ4v) is 1.80. The number of hydrogen-bond donors (Lipinski definition) is 6. The average Bonchev–Trinajstić information content (AvgIpc) is 3.15. The van der Waals surface area contributed by atoms with E-state index in [0.29, 0.717) is 17.2 Å². The number of methoxy groups -OCH3 is 3. The maximum atomic E-state index is 10.7. The third kappa shape index (κ3) is 44.3. The number of benzene rings is 3. The Morgan fingerprint density at radius 1 is 0.316 bits per heavy atom. The summed E-state index contributed by atoms with van der Waals surface area (Å²) in [6, 6.07) is 19.0. The van der Waals surface area contributed by atoms with Crippen LogP contribution in [0.3, 0.4) is 0 Å². The SMILES string of the molecule is COc1cccc([O-])c1.COc1cccc([O-])c1.COc1cccc([O-])c1.O=S(=O)(O)C(F)(F)F.O=S(=O)(O)C(F)(F)F.O=S(=O)(O)C(F)(F)F.O=S(=O)(O)C(F)(F)F.O=S(=O)(O)C(F)(F)F.O=S(=O)(O)C(F)(F)F.[Al+3]. The molecule has 76 heavy (non-hydrogen) atoms. The van der Waals surface area contributed by atoms with Gasteiger partial charge >= 0.3 is 111 Å². The standard InChI is InChI=1S/3C7H8O2.6CHF3O3S.Al/c3*1-9-7-4-2-3-6(8)5-7;6*2-1(3,4)8(5,6)7;/h3*2-5,8H,1H3;6*(H,5,6,7);/q;;;;;;;;;+3/p-3. The van der Waals surface area contributed by atoms with Crippen LogP contribution in [0, 0.1) is 0 Å². The first-order chi connectivity index (χ1) is 32.5. The van der Waals surface area contributed by atoms with Gasteiger partial charge in [0, 0.05) is 0 Å². The van der Waals surface area contributed by atoms with E-state index in [2.05, 4.69) is 0 Å². The number of alkyl halides is 18. The second-order valence-electron chi connectivity index (χ2n) is 10.6. The van der Waals surface area contributed by atoms with Crippen molar-refractivity contribution in [3.05, 3.63) is 72.8 Å². The Labute approximate surface area is 424 Å². The molecule has 0 spiro atoms. The van der Waals surface area contributed by atoms with Gasteiger partial charge in [0.2, 0.25) is 0 Å². The monoisotopic (exact) mass is 1300 g/mol. The molecule has 49 heteroatoms. The Kier molecular flexibility index (Phi) is 37.5. The summed E-state index contributed by atoms with van der Waals surface area (Å²) in [7, 11) is -30.4. The van der Waals surface area contributed by atoms with E-state index in [4.69, 9.17) is 92.0 Å². The van der Waals surface area contributed by atoms with Crippen LogP contribution in [0.15, 0.2) is 72.8 Å². The van der Waals surface area contributed by atoms with Crippen LogP contribution in [-0.2, 0) is 60.7 Å². The fraction of sp³-hybridized carbons (Fsp3) is 0.333. The van der Waals surface area contributed by atoms with Gasteiger partial charge in [-0.2, -0.15) is 130 Å². The van der Waals surface area contributed by atoms with Gasteiger partial charge < -0.3 is 29.5 Å². The Bertz CT molecular complexity index is 2400. The predicted molar refractivity (Wildman–Crippen MR) is 209 cm³/mol. The van der Waals surface area contributed by atoms with Crippen LogP contribution < -0.4 is 29.5 Å². The minimum atomic E-state index is -5.84. The van der Waals surface area contributed by atoms with Gasteiger partial charge in [-0.3, -0.25) is 27.3 Å². The summed E-state index contributed by atoms with van der Waals surface area (Å²) < 4.78 is 360. The van der Waals surface area contributed by atoms with Crippen LogP contribution in [0.1, 0.15) is 0 Å². The van der Waals surface area contributed by atoms with Gasteiger partial charge in [-0.05, 0) is 36.4 Å². The molecule has 24 nitrogen and oxygen atoms in total. The second kappa shape index (κ2) is 33.5. The van der Waals surface area contributed by atoms with E-state index in [1.807, 2.05) is 0 Å². The molecular formula is C27H27AlF18O24S6. The predicted octanol–water partition coefficient (Wildman–Crippen LogP) is 4.29. The van der Waals surface area contributed by atoms with Crippen LogP contribution in [-0.4, -0.2) is 150 Å². The van der Waals surface area contributed by atoms with Gasteiger partial charge in [0.15, 0.2) is 0 Å². The van der Waals surface area contributed by atoms with Crippen LogP contribution in [0.2, 0.25) is 0 Å². The van der Waals surface area contributed by atoms with E-state index in [1.54, 1.807) is 36.4 Å². The van der Waals surface area contributed by atoms with E-state index in [0.717, 1.165) is 0 Å². The Balaban J connectivity index is -0.000000141. The Hall–Kier alpha value is -4.81. The molecule has 0 fully saturated rings. The van der Waals surface area contributed by atoms with Gasteiger partial charge in [-0.25, -0.2) is 0 Å². The summed E-state index contributed by atoms with van der Waals surface area (Å²) in [5, 5.41) is 31.7. The Morgan fingerprint density at radius 3 is 0.474 bits per heavy atom. The molecule has 0 atom stereocenters. The van der Waals surface area contributed by atoms with E-state index in [-0.39, 0.29) is 34.6 Å². The van der Waals surface area contributed by atoms with Crippen molar-refractivity contribution in [3.8, 4) is 34.5 Å². The third-order valence-corrected chi connectivity index (χ3v) is 8.39. The van der Waals surface area contributed by atoms with Gasteiger partial charge in [-0.1, -0.05) is 36.4 Å². The molecule has 444 valence electrons. The van der Waals surface area contributed by atoms with Crippen LogP contribution >= 0.6 is 0 Å². The first kappa shape index (κ1) is 85.1. The van der Waals surface area contributed by atoms with Gasteiger partial charge in [0.05, 0.1) is 21.3 Å². The molecule has 0 saturated carbocycles. The van der Waals surface area contributed by atoms with Crippen LogP contribution in [0.4, 0.5) is 79.0 Å². The van der Waals surface area contributed by atoms with Gasteiger partial charge in [0.25, 0.3) is 0 Å². The summed E-state index contributed by atoms with van der Waals surface area (Å²) >= 11 is 0. The van der Waals surface area contributed by atoms with Gasteiger partial charge in [-0.15, -0.1) is 17.2 Å². The van der Waals surface area contributed by atoms with E-state index >= 15 is 0 Å². The van der Waals surface area contributed by atoms with Crippen molar-refractivity contribution in [3.63, 3.8) is 0 Å². The molecule has 6 N–H and O–H groups in total. The maximum absolute atomic E-state index is 10.7. The molecule has 0 aliphatic heterocycles. The minimum absolute atomic E-state index is 0. The van der Waals surface area contributed by atoms with Crippen LogP contribution in [0.25, 0.3) is 0 Å². The topological polar surface area (TPSA) is 423 Å². The molecule has 0 aliphatic carbocycles. The van der Waals surface area contributed by atoms with Crippen molar-refractivity contribution < 1.29 is 186 Å². The smallest absolute Gasteiger partial charge is 0.872 e. The zero-order valence-electron chi connectivity index (χ0n) is 35.8. The first-order valence-corrected chi connectivity index (χ1v) is 24.3. The molecule has 0 unspecified atom stereocenters. The number of ether oxygens (including phenoxy) is 3. The summed E-state index contributed by atoms with van der Waals surface area (Å²) in [6.07, 6.45) is 0. The molecule has 3 aromatic carbocycles. The third-order valence-electron chi connectivity index (χ3n) is 4.88. The largest absolute Gasteiger partial charge is 3.00 e. The van der Waals surface area contributed by atoms with Crippen molar-refractivity contribution in [1.82, 2.24) is 0 Å². The number of rotatable bonds is 3. The molecule has 0 saturated heterocycles. The molecule has 3 rings (SSSR count). The number of halogens is 18. The average molecular weight is 1300 g/mol. The molecule has 0 radical (unpaired) electrons. The van der Waals surface area contributed by atoms with Crippen molar-refractivity contribution in [2.45, 2.75) is 33.0 Å². The molecule has 0 bridgehead atoms. The molecule has 0 heterocycles. The second-order valence-corrected chi connectivity index (χ2v) is 19.0. The van der Waals surface area contributed by atoms with E-state index in [9.17, 15) is 94.3 Å². The minimum Gasteiger partial charge on any atom is -0.872 e. The normalized spacial score (nSPS) is 12.0. The summed E-state index contributed by atoms with van der Waals surface area (Å²) in [5.74, 6) is 1.78. The quantitative estimate of drug-likeness (QED) is 0.0921. The molecule has 0 amide bonds. The zero-order chi connectivity index (χ0) is 62.1. The van der Waals surface area contributed by atoms with Crippen LogP contribution in [0.5, 0.6) is 34.5 Å². The molecule has 3 aromatic rings. The summed E-state index contributed by atoms with van der Waals surface area (Å²) in [6.45, 7) is 0. The van der Waals surface area contributed by atoms with Crippen molar-refractivity contribution in [2.75, 3.05) is 21.3 Å². The number of hydrogen-bond acceptors (Lipinski definition) is 18. The molecule has 0 aliphatic rings. The first-order valence-electron chi connectivity index (χ1n) is 15.6. The molecular weight excluding hydrogens is 1270 g/mol. The van der Waals surface area contributed by atoms with Gasteiger partial charge in [0.1, 0.15) is 17.2 Å². The Morgan fingerprint density at radius 2 is 0.421 bits per heavy atom. The maximum Gasteiger partial charge on any atom is 3.00 e. The fourth-order valence-electron chi connectivity index (χ4n) is 1.80. The van der Waals surface area contributed by atoms with E-state index < -0.39 is 93.8 Å². The van der Waals surface area contributed by atoms with Crippen molar-refractivity contribution >= 4 is 78.1 Å². The zero-order valence-corrected chi connectivity index (χ0v) is 41.8. The van der Waals surface area contributed by atoms with Crippen molar-refractivity contribution in [2.24, 2.45) is 0 Å². The summed E-state index contributed by atoms with van der Waals surface area (Å²) in [5.41, 5.74) is -33.2. The summed E-state index contributed by atoms with van der Waals surface area (Å²) in [4.78, 5) is 0. The molecule has 0 aromatic heterocycles.